The third-order valence-corrected chi connectivity index (χ3v) is 3.09. The Morgan fingerprint density at radius 3 is 2.74 bits per heavy atom. The number of halogens is 1. The number of rotatable bonds is 5. The Morgan fingerprint density at radius 2 is 2.05 bits per heavy atom. The van der Waals surface area contributed by atoms with E-state index in [4.69, 9.17) is 16.3 Å². The maximum atomic E-state index is 11.6. The van der Waals surface area contributed by atoms with Gasteiger partial charge in [-0.1, -0.05) is 17.7 Å². The van der Waals surface area contributed by atoms with E-state index in [1.54, 1.807) is 24.3 Å². The average Bonchev–Trinajstić information content (AvgIpc) is 2.45. The van der Waals surface area contributed by atoms with Crippen LogP contribution in [0.3, 0.4) is 0 Å². The van der Waals surface area contributed by atoms with E-state index in [1.165, 1.54) is 6.42 Å². The highest BCUT2D eigenvalue weighted by atomic mass is 35.5. The summed E-state index contributed by atoms with van der Waals surface area (Å²) >= 11 is 5.76. The van der Waals surface area contributed by atoms with Crippen LogP contribution in [-0.2, 0) is 4.79 Å². The highest BCUT2D eigenvalue weighted by Crippen LogP contribution is 2.15. The molecule has 0 spiro atoms. The van der Waals surface area contributed by atoms with E-state index >= 15 is 0 Å². The summed E-state index contributed by atoms with van der Waals surface area (Å²) in [5.41, 5.74) is 6.63. The average molecular weight is 281 g/mol. The molecule has 2 N–H and O–H groups in total. The van der Waals surface area contributed by atoms with Crippen LogP contribution >= 0.6 is 11.6 Å². The Balaban J connectivity index is 1.69. The fraction of sp³-hybridized carbons (Fsp3) is 0.357. The molecular weight excluding hydrogens is 264 g/mol. The quantitative estimate of drug-likeness (QED) is 0.816. The summed E-state index contributed by atoms with van der Waals surface area (Å²) in [6, 6.07) is 6.90. The predicted molar refractivity (Wildman–Crippen MR) is 74.8 cm³/mol. The number of hydrazine groups is 1. The summed E-state index contributed by atoms with van der Waals surface area (Å²) in [6.07, 6.45) is 6.55. The largest absolute Gasteiger partial charge is 0.484 e. The molecule has 0 fully saturated rings. The molecule has 1 aromatic rings. The number of allylic oxidation sites excluding steroid dienone is 2. The van der Waals surface area contributed by atoms with E-state index in [0.29, 0.717) is 10.8 Å². The van der Waals surface area contributed by atoms with Crippen molar-refractivity contribution in [2.45, 2.75) is 25.7 Å². The predicted octanol–water partition coefficient (Wildman–Crippen LogP) is 2.80. The van der Waals surface area contributed by atoms with Gasteiger partial charge in [0.25, 0.3) is 5.91 Å². The minimum atomic E-state index is -0.207. The Kier molecular flexibility index (Phi) is 5.10. The van der Waals surface area contributed by atoms with Crippen molar-refractivity contribution in [2.75, 3.05) is 6.61 Å². The van der Waals surface area contributed by atoms with E-state index in [1.807, 2.05) is 0 Å². The molecule has 0 unspecified atom stereocenters. The lowest BCUT2D eigenvalue weighted by atomic mass is 10.1. The van der Waals surface area contributed by atoms with Crippen LogP contribution < -0.4 is 15.6 Å². The van der Waals surface area contributed by atoms with Crippen LogP contribution in [0.25, 0.3) is 0 Å². The van der Waals surface area contributed by atoms with Crippen molar-refractivity contribution >= 4 is 17.5 Å². The highest BCUT2D eigenvalue weighted by molar-refractivity contribution is 6.30. The molecule has 19 heavy (non-hydrogen) atoms. The number of hydrogen-bond acceptors (Lipinski definition) is 3. The molecule has 102 valence electrons. The van der Waals surface area contributed by atoms with E-state index in [9.17, 15) is 4.79 Å². The zero-order valence-electron chi connectivity index (χ0n) is 10.6. The number of ether oxygens (including phenoxy) is 1. The van der Waals surface area contributed by atoms with Gasteiger partial charge in [-0.15, -0.1) is 0 Å². The molecule has 0 saturated heterocycles. The van der Waals surface area contributed by atoms with Crippen molar-refractivity contribution in [3.05, 3.63) is 41.1 Å². The van der Waals surface area contributed by atoms with Gasteiger partial charge in [-0.3, -0.25) is 10.2 Å². The second-order valence-corrected chi connectivity index (χ2v) is 4.83. The molecule has 0 aromatic heterocycles. The third kappa shape index (κ3) is 4.83. The minimum Gasteiger partial charge on any atom is -0.484 e. The first-order valence-corrected chi connectivity index (χ1v) is 6.74. The summed E-state index contributed by atoms with van der Waals surface area (Å²) in [6.45, 7) is -0.0259. The van der Waals surface area contributed by atoms with Gasteiger partial charge in [0.05, 0.1) is 0 Å². The zero-order valence-corrected chi connectivity index (χ0v) is 11.4. The minimum absolute atomic E-state index is 0.0259. The van der Waals surface area contributed by atoms with Crippen LogP contribution in [0.4, 0.5) is 0 Å². The summed E-state index contributed by atoms with van der Waals surface area (Å²) in [4.78, 5) is 11.6. The number of amides is 1. The lowest BCUT2D eigenvalue weighted by Crippen LogP contribution is -2.40. The molecular formula is C14H17ClN2O2. The maximum absolute atomic E-state index is 11.6. The van der Waals surface area contributed by atoms with Crippen LogP contribution in [0, 0.1) is 0 Å². The molecule has 5 heteroatoms. The summed E-state index contributed by atoms with van der Waals surface area (Å²) in [7, 11) is 0. The molecule has 0 atom stereocenters. The SMILES string of the molecule is O=C(COc1ccc(Cl)cc1)NNC1=CCCCC1. The lowest BCUT2D eigenvalue weighted by Gasteiger charge is -2.15. The number of benzene rings is 1. The standard InChI is InChI=1S/C14H17ClN2O2/c15-11-6-8-13(9-7-11)19-10-14(18)17-16-12-4-2-1-3-5-12/h4,6-9,16H,1-3,5,10H2,(H,17,18). The molecule has 4 nitrogen and oxygen atoms in total. The number of carbonyl (C=O) groups is 1. The second kappa shape index (κ2) is 7.04. The molecule has 0 saturated carbocycles. The van der Waals surface area contributed by atoms with Crippen molar-refractivity contribution in [1.29, 1.82) is 0 Å². The van der Waals surface area contributed by atoms with Gasteiger partial charge >= 0.3 is 0 Å². The van der Waals surface area contributed by atoms with E-state index in [2.05, 4.69) is 16.9 Å². The lowest BCUT2D eigenvalue weighted by molar-refractivity contribution is -0.123. The molecule has 1 aliphatic carbocycles. The number of nitrogens with one attached hydrogen (secondary N) is 2. The van der Waals surface area contributed by atoms with E-state index in [0.717, 1.165) is 25.0 Å². The first-order valence-electron chi connectivity index (χ1n) is 6.36. The van der Waals surface area contributed by atoms with Crippen molar-refractivity contribution < 1.29 is 9.53 Å². The van der Waals surface area contributed by atoms with E-state index in [-0.39, 0.29) is 12.5 Å². The Hall–Kier alpha value is -1.68. The molecule has 0 heterocycles. The van der Waals surface area contributed by atoms with Crippen LogP contribution in [-0.4, -0.2) is 12.5 Å². The van der Waals surface area contributed by atoms with Crippen LogP contribution in [0.1, 0.15) is 25.7 Å². The van der Waals surface area contributed by atoms with Crippen molar-refractivity contribution in [2.24, 2.45) is 0 Å². The Bertz CT molecular complexity index is 457. The van der Waals surface area contributed by atoms with Crippen LogP contribution in [0.5, 0.6) is 5.75 Å². The molecule has 1 aromatic carbocycles. The first-order chi connectivity index (χ1) is 9.24. The van der Waals surface area contributed by atoms with Crippen LogP contribution in [0.2, 0.25) is 5.02 Å². The van der Waals surface area contributed by atoms with Gasteiger partial charge < -0.3 is 10.2 Å². The Morgan fingerprint density at radius 1 is 1.26 bits per heavy atom. The molecule has 0 bridgehead atoms. The van der Waals surface area contributed by atoms with Crippen molar-refractivity contribution in [3.63, 3.8) is 0 Å². The first kappa shape index (κ1) is 13.7. The van der Waals surface area contributed by atoms with Gasteiger partial charge in [0.1, 0.15) is 5.75 Å². The van der Waals surface area contributed by atoms with E-state index < -0.39 is 0 Å². The summed E-state index contributed by atoms with van der Waals surface area (Å²) < 4.78 is 5.33. The molecule has 0 aliphatic heterocycles. The fourth-order valence-corrected chi connectivity index (χ4v) is 1.94. The van der Waals surface area contributed by atoms with Gasteiger partial charge in [0.2, 0.25) is 0 Å². The fourth-order valence-electron chi connectivity index (χ4n) is 1.82. The van der Waals surface area contributed by atoms with Crippen LogP contribution in [0.15, 0.2) is 36.0 Å². The third-order valence-electron chi connectivity index (χ3n) is 2.84. The van der Waals surface area contributed by atoms with Gasteiger partial charge in [-0.2, -0.15) is 0 Å². The van der Waals surface area contributed by atoms with Gasteiger partial charge in [-0.05, 0) is 49.9 Å². The van der Waals surface area contributed by atoms with Gasteiger partial charge in [0, 0.05) is 10.7 Å². The van der Waals surface area contributed by atoms with Gasteiger partial charge in [0.15, 0.2) is 6.61 Å². The van der Waals surface area contributed by atoms with Crippen molar-refractivity contribution in [1.82, 2.24) is 10.9 Å². The molecule has 2 rings (SSSR count). The zero-order chi connectivity index (χ0) is 13.5. The number of carbonyl (C=O) groups excluding carboxylic acids is 1. The monoisotopic (exact) mass is 280 g/mol. The molecule has 1 aliphatic rings. The normalized spacial score (nSPS) is 14.5. The number of hydrogen-bond donors (Lipinski definition) is 2. The summed E-state index contributed by atoms with van der Waals surface area (Å²) in [5, 5.41) is 0.641. The van der Waals surface area contributed by atoms with Crippen molar-refractivity contribution in [3.8, 4) is 5.75 Å². The topological polar surface area (TPSA) is 50.4 Å². The Labute approximate surface area is 117 Å². The summed E-state index contributed by atoms with van der Waals surface area (Å²) in [5.74, 6) is 0.415. The maximum Gasteiger partial charge on any atom is 0.276 e. The molecule has 0 radical (unpaired) electrons. The smallest absolute Gasteiger partial charge is 0.276 e. The molecule has 1 amide bonds. The highest BCUT2D eigenvalue weighted by Gasteiger charge is 2.06. The van der Waals surface area contributed by atoms with Gasteiger partial charge in [-0.25, -0.2) is 0 Å². The second-order valence-electron chi connectivity index (χ2n) is 4.39.